The number of anilines is 1. The molecule has 1 aliphatic rings. The van der Waals surface area contributed by atoms with Gasteiger partial charge in [0.1, 0.15) is 16.3 Å². The average Bonchev–Trinajstić information content (AvgIpc) is 3.35. The van der Waals surface area contributed by atoms with Gasteiger partial charge in [0.05, 0.1) is 4.88 Å². The highest BCUT2D eigenvalue weighted by molar-refractivity contribution is 7.20. The number of hydrogen-bond donors (Lipinski definition) is 0. The van der Waals surface area contributed by atoms with E-state index in [-0.39, 0.29) is 11.7 Å². The number of fused-ring (bicyclic) bond motifs is 1. The van der Waals surface area contributed by atoms with Crippen molar-refractivity contribution in [1.82, 2.24) is 14.7 Å². The maximum atomic E-state index is 13.2. The van der Waals surface area contributed by atoms with Crippen molar-refractivity contribution in [2.45, 2.75) is 0 Å². The summed E-state index contributed by atoms with van der Waals surface area (Å²) in [6.07, 6.45) is 0. The summed E-state index contributed by atoms with van der Waals surface area (Å²) >= 11 is 7.49. The predicted molar refractivity (Wildman–Crippen MR) is 124 cm³/mol. The molecule has 0 spiro atoms. The van der Waals surface area contributed by atoms with Gasteiger partial charge in [0.15, 0.2) is 0 Å². The number of amides is 1. The van der Waals surface area contributed by atoms with Gasteiger partial charge >= 0.3 is 0 Å². The van der Waals surface area contributed by atoms with Crippen molar-refractivity contribution in [3.63, 3.8) is 0 Å². The van der Waals surface area contributed by atoms with Gasteiger partial charge in [0, 0.05) is 54.9 Å². The maximum absolute atomic E-state index is 13.2. The molecule has 0 bridgehead atoms. The molecule has 5 rings (SSSR count). The number of hydrogen-bond acceptors (Lipinski definition) is 4. The molecule has 0 atom stereocenters. The third-order valence-electron chi connectivity index (χ3n) is 5.60. The van der Waals surface area contributed by atoms with Gasteiger partial charge in [-0.15, -0.1) is 11.3 Å². The van der Waals surface area contributed by atoms with Crippen LogP contribution in [0.25, 0.3) is 21.5 Å². The Morgan fingerprint density at radius 3 is 2.39 bits per heavy atom. The molecule has 8 heteroatoms. The standard InChI is InChI=1S/C23H20ClFN4OS/c1-27-23-19(21(26-27)15-2-4-16(24)5-3-15)14-20(31-23)22(30)29-12-10-28(11-13-29)18-8-6-17(25)7-9-18/h2-9,14H,10-13H2,1H3. The van der Waals surface area contributed by atoms with Crippen LogP contribution in [0.3, 0.4) is 0 Å². The molecule has 5 nitrogen and oxygen atoms in total. The zero-order chi connectivity index (χ0) is 21.5. The number of nitrogens with zero attached hydrogens (tertiary/aromatic N) is 4. The van der Waals surface area contributed by atoms with Crippen molar-refractivity contribution in [1.29, 1.82) is 0 Å². The first-order valence-corrected chi connectivity index (χ1v) is 11.2. The van der Waals surface area contributed by atoms with E-state index >= 15 is 0 Å². The summed E-state index contributed by atoms with van der Waals surface area (Å²) in [6.45, 7) is 2.71. The van der Waals surface area contributed by atoms with Crippen LogP contribution in [-0.2, 0) is 7.05 Å². The van der Waals surface area contributed by atoms with Crippen molar-refractivity contribution in [2.24, 2.45) is 7.05 Å². The number of benzene rings is 2. The topological polar surface area (TPSA) is 41.4 Å². The number of rotatable bonds is 3. The number of aromatic nitrogens is 2. The van der Waals surface area contributed by atoms with E-state index in [2.05, 4.69) is 10.00 Å². The van der Waals surface area contributed by atoms with Crippen LogP contribution < -0.4 is 4.90 Å². The normalized spacial score (nSPS) is 14.4. The molecule has 4 aromatic rings. The third-order valence-corrected chi connectivity index (χ3v) is 7.04. The second kappa shape index (κ2) is 7.98. The minimum absolute atomic E-state index is 0.0435. The lowest BCUT2D eigenvalue weighted by Crippen LogP contribution is -2.48. The molecule has 1 saturated heterocycles. The fourth-order valence-corrected chi connectivity index (χ4v) is 5.11. The van der Waals surface area contributed by atoms with Gasteiger partial charge in [-0.25, -0.2) is 4.39 Å². The molecular weight excluding hydrogens is 435 g/mol. The smallest absolute Gasteiger partial charge is 0.264 e. The molecule has 0 unspecified atom stereocenters. The average molecular weight is 455 g/mol. The van der Waals surface area contributed by atoms with Crippen LogP contribution in [0.15, 0.2) is 54.6 Å². The first-order chi connectivity index (χ1) is 15.0. The Hall–Kier alpha value is -2.90. The SMILES string of the molecule is Cn1nc(-c2ccc(Cl)cc2)c2cc(C(=O)N3CCN(c4ccc(F)cc4)CC3)sc21. The van der Waals surface area contributed by atoms with Crippen molar-refractivity contribution < 1.29 is 9.18 Å². The summed E-state index contributed by atoms with van der Waals surface area (Å²) in [5.41, 5.74) is 2.80. The van der Waals surface area contributed by atoms with E-state index in [0.717, 1.165) is 40.3 Å². The van der Waals surface area contributed by atoms with Gasteiger partial charge in [0.25, 0.3) is 5.91 Å². The van der Waals surface area contributed by atoms with Gasteiger partial charge < -0.3 is 9.80 Å². The number of carbonyl (C=O) groups excluding carboxylic acids is 1. The van der Waals surface area contributed by atoms with Crippen LogP contribution in [0.1, 0.15) is 9.67 Å². The Morgan fingerprint density at radius 1 is 1.03 bits per heavy atom. The molecule has 2 aromatic carbocycles. The molecule has 3 heterocycles. The van der Waals surface area contributed by atoms with E-state index in [0.29, 0.717) is 23.0 Å². The van der Waals surface area contributed by atoms with Crippen LogP contribution in [-0.4, -0.2) is 46.8 Å². The van der Waals surface area contributed by atoms with Gasteiger partial charge in [0.2, 0.25) is 0 Å². The Morgan fingerprint density at radius 2 is 1.71 bits per heavy atom. The molecule has 0 aliphatic carbocycles. The largest absolute Gasteiger partial charge is 0.368 e. The summed E-state index contributed by atoms with van der Waals surface area (Å²) in [5.74, 6) is -0.197. The molecule has 1 fully saturated rings. The van der Waals surface area contributed by atoms with Gasteiger partial charge in [-0.3, -0.25) is 9.48 Å². The number of aryl methyl sites for hydroxylation is 1. The van der Waals surface area contributed by atoms with Crippen LogP contribution in [0.4, 0.5) is 10.1 Å². The summed E-state index contributed by atoms with van der Waals surface area (Å²) in [5, 5.41) is 6.29. The Bertz CT molecular complexity index is 1240. The molecule has 31 heavy (non-hydrogen) atoms. The Kier molecular flexibility index (Phi) is 5.16. The molecule has 1 aliphatic heterocycles. The molecular formula is C23H20ClFN4OS. The summed E-state index contributed by atoms with van der Waals surface area (Å²) in [6, 6.07) is 16.0. The Labute approximate surface area is 188 Å². The quantitative estimate of drug-likeness (QED) is 0.434. The molecule has 2 aromatic heterocycles. The van der Waals surface area contributed by atoms with E-state index in [1.807, 2.05) is 47.0 Å². The fourth-order valence-electron chi connectivity index (χ4n) is 3.94. The minimum Gasteiger partial charge on any atom is -0.368 e. The highest BCUT2D eigenvalue weighted by Gasteiger charge is 2.25. The van der Waals surface area contributed by atoms with Gasteiger partial charge in [-0.2, -0.15) is 5.10 Å². The van der Waals surface area contributed by atoms with E-state index in [1.165, 1.54) is 23.5 Å². The lowest BCUT2D eigenvalue weighted by atomic mass is 10.1. The summed E-state index contributed by atoms with van der Waals surface area (Å²) < 4.78 is 15.0. The summed E-state index contributed by atoms with van der Waals surface area (Å²) in [4.78, 5) is 18.9. The zero-order valence-electron chi connectivity index (χ0n) is 16.9. The van der Waals surface area contributed by atoms with E-state index in [1.54, 1.807) is 12.1 Å². The summed E-state index contributed by atoms with van der Waals surface area (Å²) in [7, 11) is 1.90. The predicted octanol–water partition coefficient (Wildman–Crippen LogP) is 5.06. The highest BCUT2D eigenvalue weighted by Crippen LogP contribution is 2.34. The highest BCUT2D eigenvalue weighted by atomic mass is 35.5. The van der Waals surface area contributed by atoms with Crippen molar-refractivity contribution in [2.75, 3.05) is 31.1 Å². The van der Waals surface area contributed by atoms with Crippen molar-refractivity contribution in [3.8, 4) is 11.3 Å². The molecule has 0 saturated carbocycles. The van der Waals surface area contributed by atoms with Crippen LogP contribution in [0.5, 0.6) is 0 Å². The van der Waals surface area contributed by atoms with E-state index in [4.69, 9.17) is 11.6 Å². The molecule has 0 radical (unpaired) electrons. The van der Waals surface area contributed by atoms with Crippen molar-refractivity contribution >= 4 is 44.7 Å². The first kappa shape index (κ1) is 20.0. The second-order valence-electron chi connectivity index (χ2n) is 7.56. The zero-order valence-corrected chi connectivity index (χ0v) is 18.5. The Balaban J connectivity index is 1.35. The number of piperazine rings is 1. The van der Waals surface area contributed by atoms with E-state index in [9.17, 15) is 9.18 Å². The lowest BCUT2D eigenvalue weighted by Gasteiger charge is -2.36. The second-order valence-corrected chi connectivity index (χ2v) is 9.03. The van der Waals surface area contributed by atoms with Gasteiger partial charge in [-0.1, -0.05) is 23.7 Å². The third kappa shape index (κ3) is 3.79. The van der Waals surface area contributed by atoms with Gasteiger partial charge in [-0.05, 0) is 42.5 Å². The number of carbonyl (C=O) groups is 1. The van der Waals surface area contributed by atoms with Crippen molar-refractivity contribution in [3.05, 3.63) is 70.3 Å². The number of thiophene rings is 1. The minimum atomic E-state index is -0.241. The van der Waals surface area contributed by atoms with Crippen LogP contribution >= 0.6 is 22.9 Å². The lowest BCUT2D eigenvalue weighted by molar-refractivity contribution is 0.0751. The van der Waals surface area contributed by atoms with Crippen LogP contribution in [0.2, 0.25) is 5.02 Å². The maximum Gasteiger partial charge on any atom is 0.264 e. The first-order valence-electron chi connectivity index (χ1n) is 10.0. The van der Waals surface area contributed by atoms with E-state index < -0.39 is 0 Å². The fraction of sp³-hybridized carbons (Fsp3) is 0.217. The molecule has 158 valence electrons. The monoisotopic (exact) mass is 454 g/mol. The molecule has 0 N–H and O–H groups in total. The number of halogens is 2. The van der Waals surface area contributed by atoms with Crippen LogP contribution in [0, 0.1) is 5.82 Å². The molecule has 1 amide bonds.